The quantitative estimate of drug-likeness (QED) is 0.845. The fraction of sp³-hybridized carbons (Fsp3) is 0.600. The first-order valence-electron chi connectivity index (χ1n) is 7.61. The molecule has 0 radical (unpaired) electrons. The van der Waals surface area contributed by atoms with E-state index in [1.54, 1.807) is 20.8 Å². The fourth-order valence-corrected chi connectivity index (χ4v) is 3.94. The van der Waals surface area contributed by atoms with Crippen LogP contribution < -0.4 is 10.9 Å². The minimum absolute atomic E-state index is 0.0994. The van der Waals surface area contributed by atoms with Crippen molar-refractivity contribution in [2.75, 3.05) is 13.1 Å². The Labute approximate surface area is 136 Å². The van der Waals surface area contributed by atoms with Crippen LogP contribution in [-0.2, 0) is 10.0 Å². The van der Waals surface area contributed by atoms with Crippen LogP contribution in [0, 0.1) is 0 Å². The number of rotatable bonds is 3. The molecule has 1 aromatic heterocycles. The molecule has 1 aromatic rings. The maximum atomic E-state index is 12.4. The maximum absolute atomic E-state index is 12.4. The van der Waals surface area contributed by atoms with Crippen LogP contribution in [-0.4, -0.2) is 47.5 Å². The van der Waals surface area contributed by atoms with Crippen molar-refractivity contribution in [1.82, 2.24) is 14.6 Å². The number of sulfonamides is 1. The summed E-state index contributed by atoms with van der Waals surface area (Å²) in [6.07, 6.45) is 1.11. The van der Waals surface area contributed by atoms with E-state index in [9.17, 15) is 18.0 Å². The molecule has 0 aliphatic carbocycles. The number of amides is 1. The number of aromatic nitrogens is 1. The van der Waals surface area contributed by atoms with Crippen molar-refractivity contribution >= 4 is 15.9 Å². The van der Waals surface area contributed by atoms with Crippen LogP contribution >= 0.6 is 0 Å². The fourth-order valence-electron chi connectivity index (χ4n) is 2.47. The zero-order chi connectivity index (χ0) is 17.3. The average Bonchev–Trinajstić information content (AvgIpc) is 2.46. The van der Waals surface area contributed by atoms with Crippen LogP contribution in [0.1, 0.15) is 44.1 Å². The number of carbonyl (C=O) groups is 1. The first-order chi connectivity index (χ1) is 10.6. The minimum atomic E-state index is -3.34. The van der Waals surface area contributed by atoms with Crippen LogP contribution in [0.2, 0.25) is 0 Å². The third-order valence-electron chi connectivity index (χ3n) is 3.92. The van der Waals surface area contributed by atoms with Gasteiger partial charge in [-0.2, -0.15) is 0 Å². The van der Waals surface area contributed by atoms with Gasteiger partial charge < -0.3 is 10.3 Å². The van der Waals surface area contributed by atoms with E-state index < -0.39 is 14.8 Å². The highest BCUT2D eigenvalue weighted by atomic mass is 32.2. The number of H-pyrrole nitrogens is 1. The molecule has 1 amide bonds. The third-order valence-corrected chi connectivity index (χ3v) is 6.51. The Morgan fingerprint density at radius 1 is 1.26 bits per heavy atom. The van der Waals surface area contributed by atoms with E-state index in [0.717, 1.165) is 0 Å². The lowest BCUT2D eigenvalue weighted by Crippen LogP contribution is -2.50. The van der Waals surface area contributed by atoms with Crippen molar-refractivity contribution in [3.05, 3.63) is 34.2 Å². The Balaban J connectivity index is 1.95. The second kappa shape index (κ2) is 6.45. The summed E-state index contributed by atoms with van der Waals surface area (Å²) in [7, 11) is -3.34. The molecule has 0 atom stereocenters. The number of aromatic amines is 1. The Hall–Kier alpha value is -1.67. The SMILES string of the molecule is CC(C)(C)S(=O)(=O)N1CCC(NC(=O)c2cccc(=O)[nH]2)CC1. The van der Waals surface area contributed by atoms with E-state index in [0.29, 0.717) is 25.9 Å². The standard InChI is InChI=1S/C15H23N3O4S/c1-15(2,3)23(21,22)18-9-7-11(8-10-18)16-14(20)12-5-4-6-13(19)17-12/h4-6,11H,7-10H2,1-3H3,(H,16,20)(H,17,19). The van der Waals surface area contributed by atoms with Gasteiger partial charge in [0.1, 0.15) is 5.69 Å². The number of carbonyl (C=O) groups excluding carboxylic acids is 1. The van der Waals surface area contributed by atoms with E-state index in [-0.39, 0.29) is 23.2 Å². The molecule has 1 aliphatic heterocycles. The molecule has 1 saturated heterocycles. The number of nitrogens with one attached hydrogen (secondary N) is 2. The second-order valence-corrected chi connectivity index (χ2v) is 9.38. The van der Waals surface area contributed by atoms with Crippen LogP contribution in [0.25, 0.3) is 0 Å². The van der Waals surface area contributed by atoms with E-state index in [1.807, 2.05) is 0 Å². The number of nitrogens with zero attached hydrogens (tertiary/aromatic N) is 1. The predicted molar refractivity (Wildman–Crippen MR) is 87.8 cm³/mol. The van der Waals surface area contributed by atoms with Crippen molar-refractivity contribution in [3.8, 4) is 0 Å². The summed E-state index contributed by atoms with van der Waals surface area (Å²) >= 11 is 0. The molecule has 0 bridgehead atoms. The van der Waals surface area contributed by atoms with Gasteiger partial charge in [-0.15, -0.1) is 0 Å². The van der Waals surface area contributed by atoms with E-state index >= 15 is 0 Å². The van der Waals surface area contributed by atoms with Gasteiger partial charge in [0.25, 0.3) is 5.91 Å². The lowest BCUT2D eigenvalue weighted by atomic mass is 10.1. The largest absolute Gasteiger partial charge is 0.348 e. The van der Waals surface area contributed by atoms with E-state index in [2.05, 4.69) is 10.3 Å². The average molecular weight is 341 g/mol. The van der Waals surface area contributed by atoms with Crippen molar-refractivity contribution in [2.45, 2.75) is 44.4 Å². The highest BCUT2D eigenvalue weighted by Gasteiger charge is 2.37. The lowest BCUT2D eigenvalue weighted by Gasteiger charge is -2.35. The Morgan fingerprint density at radius 2 is 1.87 bits per heavy atom. The van der Waals surface area contributed by atoms with Crippen molar-refractivity contribution in [3.63, 3.8) is 0 Å². The summed E-state index contributed by atoms with van der Waals surface area (Å²) in [5.74, 6) is -0.347. The van der Waals surface area contributed by atoms with E-state index in [4.69, 9.17) is 0 Å². The topological polar surface area (TPSA) is 99.3 Å². The molecule has 0 spiro atoms. The Kier molecular flexibility index (Phi) is 4.95. The van der Waals surface area contributed by atoms with Crippen LogP contribution in [0.15, 0.2) is 23.0 Å². The first kappa shape index (κ1) is 17.7. The predicted octanol–water partition coefficient (Wildman–Crippen LogP) is 0.697. The molecule has 2 N–H and O–H groups in total. The Bertz CT molecular complexity index is 726. The molecule has 0 unspecified atom stereocenters. The number of piperidine rings is 1. The molecular weight excluding hydrogens is 318 g/mol. The van der Waals surface area contributed by atoms with Gasteiger partial charge in [0.15, 0.2) is 0 Å². The van der Waals surface area contributed by atoms with Gasteiger partial charge in [0.2, 0.25) is 15.6 Å². The van der Waals surface area contributed by atoms with Crippen LogP contribution in [0.3, 0.4) is 0 Å². The number of pyridine rings is 1. The van der Waals surface area contributed by atoms with Crippen LogP contribution in [0.5, 0.6) is 0 Å². The molecule has 0 saturated carbocycles. The van der Waals surface area contributed by atoms with Crippen molar-refractivity contribution < 1.29 is 13.2 Å². The molecular formula is C15H23N3O4S. The minimum Gasteiger partial charge on any atom is -0.348 e. The smallest absolute Gasteiger partial charge is 0.268 e. The zero-order valence-corrected chi connectivity index (χ0v) is 14.4. The maximum Gasteiger partial charge on any atom is 0.268 e. The van der Waals surface area contributed by atoms with Gasteiger partial charge in [0.05, 0.1) is 4.75 Å². The summed E-state index contributed by atoms with van der Waals surface area (Å²) in [5, 5.41) is 2.84. The van der Waals surface area contributed by atoms with Crippen molar-refractivity contribution in [1.29, 1.82) is 0 Å². The number of hydrogen-bond acceptors (Lipinski definition) is 4. The molecule has 128 valence electrons. The summed E-state index contributed by atoms with van der Waals surface area (Å²) in [6.45, 7) is 5.82. The van der Waals surface area contributed by atoms with Gasteiger partial charge >= 0.3 is 0 Å². The molecule has 0 aromatic carbocycles. The van der Waals surface area contributed by atoms with Gasteiger partial charge in [-0.1, -0.05) is 6.07 Å². The van der Waals surface area contributed by atoms with E-state index in [1.165, 1.54) is 22.5 Å². The summed E-state index contributed by atoms with van der Waals surface area (Å²) < 4.78 is 25.4. The molecule has 2 rings (SSSR count). The summed E-state index contributed by atoms with van der Waals surface area (Å²) in [6, 6.07) is 4.30. The molecule has 2 heterocycles. The van der Waals surface area contributed by atoms with Gasteiger partial charge in [-0.05, 0) is 39.7 Å². The zero-order valence-electron chi connectivity index (χ0n) is 13.6. The van der Waals surface area contributed by atoms with Gasteiger partial charge in [-0.25, -0.2) is 12.7 Å². The highest BCUT2D eigenvalue weighted by molar-refractivity contribution is 7.90. The highest BCUT2D eigenvalue weighted by Crippen LogP contribution is 2.24. The first-order valence-corrected chi connectivity index (χ1v) is 9.05. The lowest BCUT2D eigenvalue weighted by molar-refractivity contribution is 0.0918. The monoisotopic (exact) mass is 341 g/mol. The summed E-state index contributed by atoms with van der Waals surface area (Å²) in [5.41, 5.74) is -0.119. The van der Waals surface area contributed by atoms with Crippen LogP contribution in [0.4, 0.5) is 0 Å². The third kappa shape index (κ3) is 4.00. The molecule has 1 aliphatic rings. The van der Waals surface area contributed by atoms with Gasteiger partial charge in [-0.3, -0.25) is 9.59 Å². The van der Waals surface area contributed by atoms with Crippen molar-refractivity contribution in [2.24, 2.45) is 0 Å². The second-order valence-electron chi connectivity index (χ2n) is 6.69. The molecule has 1 fully saturated rings. The number of hydrogen-bond donors (Lipinski definition) is 2. The normalized spacial score (nSPS) is 17.9. The molecule has 23 heavy (non-hydrogen) atoms. The molecule has 8 heteroatoms. The molecule has 7 nitrogen and oxygen atoms in total. The summed E-state index contributed by atoms with van der Waals surface area (Å²) in [4.78, 5) is 25.8. The van der Waals surface area contributed by atoms with Gasteiger partial charge in [0, 0.05) is 25.2 Å². The Morgan fingerprint density at radius 3 is 2.39 bits per heavy atom.